The number of para-hydroxylation sites is 1. The van der Waals surface area contributed by atoms with Gasteiger partial charge in [0.1, 0.15) is 18.2 Å². The van der Waals surface area contributed by atoms with Crippen LogP contribution in [0.15, 0.2) is 48.5 Å². The summed E-state index contributed by atoms with van der Waals surface area (Å²) in [4.78, 5) is 24.1. The zero-order chi connectivity index (χ0) is 16.9. The zero-order valence-electron chi connectivity index (χ0n) is 12.9. The average Bonchev–Trinajstić information content (AvgIpc) is 2.58. The maximum Gasteiger partial charge on any atom is 0.228 e. The Morgan fingerprint density at radius 1 is 1.25 bits per heavy atom. The van der Waals surface area contributed by atoms with E-state index in [0.717, 1.165) is 5.75 Å². The second-order valence-electron chi connectivity index (χ2n) is 5.49. The highest BCUT2D eigenvalue weighted by Gasteiger charge is 2.30. The maximum atomic E-state index is 13.3. The number of hydrogen-bond donors (Lipinski definition) is 2. The van der Waals surface area contributed by atoms with Crippen molar-refractivity contribution in [3.8, 4) is 5.75 Å². The van der Waals surface area contributed by atoms with Crippen molar-refractivity contribution in [3.63, 3.8) is 0 Å². The molecule has 5 nitrogen and oxygen atoms in total. The van der Waals surface area contributed by atoms with E-state index < -0.39 is 11.7 Å². The monoisotopic (exact) mass is 328 g/mol. The van der Waals surface area contributed by atoms with Gasteiger partial charge in [-0.05, 0) is 29.8 Å². The van der Waals surface area contributed by atoms with Crippen molar-refractivity contribution in [3.05, 3.63) is 59.9 Å². The number of anilines is 1. The Morgan fingerprint density at radius 3 is 2.83 bits per heavy atom. The molecule has 0 radical (unpaired) electrons. The number of fused-ring (bicyclic) bond motifs is 1. The minimum Gasteiger partial charge on any atom is -0.492 e. The topological polar surface area (TPSA) is 67.4 Å². The molecule has 0 fully saturated rings. The van der Waals surface area contributed by atoms with Crippen molar-refractivity contribution < 1.29 is 18.7 Å². The summed E-state index contributed by atoms with van der Waals surface area (Å²) < 4.78 is 18.8. The molecule has 2 amide bonds. The van der Waals surface area contributed by atoms with Gasteiger partial charge >= 0.3 is 0 Å². The molecule has 1 unspecified atom stereocenters. The Bertz CT molecular complexity index is 749. The number of ether oxygens (including phenoxy) is 1. The first-order valence-corrected chi connectivity index (χ1v) is 7.68. The van der Waals surface area contributed by atoms with Crippen molar-refractivity contribution in [1.82, 2.24) is 5.32 Å². The number of nitrogens with one attached hydrogen (secondary N) is 2. The van der Waals surface area contributed by atoms with E-state index in [1.165, 1.54) is 18.2 Å². The lowest BCUT2D eigenvalue weighted by atomic mass is 9.90. The van der Waals surface area contributed by atoms with Crippen LogP contribution in [0.2, 0.25) is 0 Å². The molecule has 2 aromatic carbocycles. The van der Waals surface area contributed by atoms with Crippen molar-refractivity contribution in [2.24, 2.45) is 0 Å². The lowest BCUT2D eigenvalue weighted by Crippen LogP contribution is -2.36. The van der Waals surface area contributed by atoms with E-state index in [-0.39, 0.29) is 18.2 Å². The molecule has 124 valence electrons. The molecule has 0 saturated carbocycles. The highest BCUT2D eigenvalue weighted by Crippen LogP contribution is 2.32. The van der Waals surface area contributed by atoms with Crippen LogP contribution in [-0.4, -0.2) is 25.0 Å². The van der Waals surface area contributed by atoms with Crippen LogP contribution in [0.3, 0.4) is 0 Å². The number of carbonyl (C=O) groups excluding carboxylic acids is 2. The molecule has 2 N–H and O–H groups in total. The molecular formula is C18H17FN2O3. The lowest BCUT2D eigenvalue weighted by Gasteiger charge is -2.24. The Morgan fingerprint density at radius 2 is 2.04 bits per heavy atom. The summed E-state index contributed by atoms with van der Waals surface area (Å²) in [5.41, 5.74) is 0.976. The van der Waals surface area contributed by atoms with Gasteiger partial charge in [-0.25, -0.2) is 4.39 Å². The largest absolute Gasteiger partial charge is 0.492 e. The van der Waals surface area contributed by atoms with Gasteiger partial charge in [-0.2, -0.15) is 0 Å². The fraction of sp³-hybridized carbons (Fsp3) is 0.222. The minimum absolute atomic E-state index is 0.0456. The third-order valence-corrected chi connectivity index (χ3v) is 3.78. The van der Waals surface area contributed by atoms with E-state index >= 15 is 0 Å². The minimum atomic E-state index is -0.619. The van der Waals surface area contributed by atoms with Crippen LogP contribution in [0.4, 0.5) is 10.1 Å². The van der Waals surface area contributed by atoms with E-state index in [1.54, 1.807) is 0 Å². The highest BCUT2D eigenvalue weighted by molar-refractivity contribution is 6.01. The van der Waals surface area contributed by atoms with Crippen LogP contribution in [0.5, 0.6) is 5.75 Å². The Kier molecular flexibility index (Phi) is 4.74. The van der Waals surface area contributed by atoms with Gasteiger partial charge in [0.2, 0.25) is 11.8 Å². The standard InChI is InChI=1S/C18H17FN2O3/c19-12-6-7-14-15(11-17(22)21-16(14)10-12)18(23)20-8-9-24-13-4-2-1-3-5-13/h1-7,10,15H,8-9,11H2,(H,20,23)(H,21,22). The molecule has 6 heteroatoms. The first-order valence-electron chi connectivity index (χ1n) is 7.68. The van der Waals surface area contributed by atoms with Crippen molar-refractivity contribution in [2.75, 3.05) is 18.5 Å². The first kappa shape index (κ1) is 16.0. The van der Waals surface area contributed by atoms with Crippen LogP contribution in [0.25, 0.3) is 0 Å². The Hall–Kier alpha value is -2.89. The first-order chi connectivity index (χ1) is 11.6. The summed E-state index contributed by atoms with van der Waals surface area (Å²) >= 11 is 0. The number of benzene rings is 2. The fourth-order valence-corrected chi connectivity index (χ4v) is 2.65. The number of amides is 2. The molecule has 2 aromatic rings. The van der Waals surface area contributed by atoms with Gasteiger partial charge < -0.3 is 15.4 Å². The van der Waals surface area contributed by atoms with Crippen molar-refractivity contribution in [2.45, 2.75) is 12.3 Å². The summed E-state index contributed by atoms with van der Waals surface area (Å²) in [6.45, 7) is 0.646. The Balaban J connectivity index is 1.58. The fourth-order valence-electron chi connectivity index (χ4n) is 2.65. The number of hydrogen-bond acceptors (Lipinski definition) is 3. The summed E-state index contributed by atoms with van der Waals surface area (Å²) in [6, 6.07) is 13.3. The molecule has 24 heavy (non-hydrogen) atoms. The highest BCUT2D eigenvalue weighted by atomic mass is 19.1. The number of rotatable bonds is 5. The predicted molar refractivity (Wildman–Crippen MR) is 87.3 cm³/mol. The van der Waals surface area contributed by atoms with Crippen molar-refractivity contribution in [1.29, 1.82) is 0 Å². The lowest BCUT2D eigenvalue weighted by molar-refractivity contribution is -0.126. The smallest absolute Gasteiger partial charge is 0.228 e. The molecule has 0 spiro atoms. The average molecular weight is 328 g/mol. The van der Waals surface area contributed by atoms with Gasteiger partial charge in [-0.15, -0.1) is 0 Å². The third-order valence-electron chi connectivity index (χ3n) is 3.78. The van der Waals surface area contributed by atoms with Crippen molar-refractivity contribution >= 4 is 17.5 Å². The molecular weight excluding hydrogens is 311 g/mol. The second kappa shape index (κ2) is 7.12. The molecule has 0 aromatic heterocycles. The normalized spacial score (nSPS) is 16.0. The van der Waals surface area contributed by atoms with E-state index in [0.29, 0.717) is 24.4 Å². The molecule has 1 heterocycles. The quantitative estimate of drug-likeness (QED) is 0.829. The van der Waals surface area contributed by atoms with Crippen LogP contribution in [0, 0.1) is 5.82 Å². The van der Waals surface area contributed by atoms with E-state index in [4.69, 9.17) is 4.74 Å². The summed E-state index contributed by atoms with van der Waals surface area (Å²) in [7, 11) is 0. The summed E-state index contributed by atoms with van der Waals surface area (Å²) in [6.07, 6.45) is 0.0456. The van der Waals surface area contributed by atoms with Crippen LogP contribution in [0.1, 0.15) is 17.9 Å². The van der Waals surface area contributed by atoms with Gasteiger partial charge in [0.15, 0.2) is 0 Å². The van der Waals surface area contributed by atoms with Crippen LogP contribution in [-0.2, 0) is 9.59 Å². The van der Waals surface area contributed by atoms with E-state index in [2.05, 4.69) is 10.6 Å². The summed E-state index contributed by atoms with van der Waals surface area (Å²) in [5.74, 6) is -0.912. The SMILES string of the molecule is O=C1CC(C(=O)NCCOc2ccccc2)c2ccc(F)cc2N1. The van der Waals surface area contributed by atoms with Gasteiger partial charge in [0.25, 0.3) is 0 Å². The maximum absolute atomic E-state index is 13.3. The summed E-state index contributed by atoms with van der Waals surface area (Å²) in [5, 5.41) is 5.35. The third kappa shape index (κ3) is 3.71. The zero-order valence-corrected chi connectivity index (χ0v) is 12.9. The number of halogens is 1. The van der Waals surface area contributed by atoms with Crippen LogP contribution >= 0.6 is 0 Å². The van der Waals surface area contributed by atoms with Gasteiger partial charge in [0.05, 0.1) is 12.5 Å². The molecule has 0 saturated heterocycles. The van der Waals surface area contributed by atoms with Gasteiger partial charge in [-0.1, -0.05) is 24.3 Å². The van der Waals surface area contributed by atoms with Gasteiger partial charge in [-0.3, -0.25) is 9.59 Å². The van der Waals surface area contributed by atoms with Gasteiger partial charge in [0, 0.05) is 12.1 Å². The molecule has 1 atom stereocenters. The molecule has 0 bridgehead atoms. The second-order valence-corrected chi connectivity index (χ2v) is 5.49. The Labute approximate surface area is 138 Å². The van der Waals surface area contributed by atoms with E-state index in [1.807, 2.05) is 30.3 Å². The van der Waals surface area contributed by atoms with Crippen LogP contribution < -0.4 is 15.4 Å². The molecule has 1 aliphatic heterocycles. The van der Waals surface area contributed by atoms with E-state index in [9.17, 15) is 14.0 Å². The predicted octanol–water partition coefficient (Wildman–Crippen LogP) is 2.45. The number of carbonyl (C=O) groups is 2. The molecule has 0 aliphatic carbocycles. The molecule has 3 rings (SSSR count). The molecule has 1 aliphatic rings.